The molecule has 0 atom stereocenters. The fraction of sp³-hybridized carbons (Fsp3) is 0.850. The first kappa shape index (κ1) is 19.6. The number of hydrogen-bond acceptors (Lipinski definition) is 3. The molecule has 0 unspecified atom stereocenters. The molecule has 3 heterocycles. The highest BCUT2D eigenvalue weighted by atomic mass is 32.2. The van der Waals surface area contributed by atoms with Crippen LogP contribution in [0.25, 0.3) is 0 Å². The molecule has 3 fully saturated rings. The van der Waals surface area contributed by atoms with E-state index >= 15 is 0 Å². The second-order valence-electron chi connectivity index (χ2n) is 9.75. The van der Waals surface area contributed by atoms with E-state index in [2.05, 4.69) is 21.8 Å². The molecule has 0 N–H and O–H groups in total. The zero-order valence-corrected chi connectivity index (χ0v) is 17.3. The van der Waals surface area contributed by atoms with Crippen molar-refractivity contribution in [2.45, 2.75) is 76.6 Å². The van der Waals surface area contributed by atoms with Gasteiger partial charge < -0.3 is 0 Å². The Balaban J connectivity index is 1.45. The summed E-state index contributed by atoms with van der Waals surface area (Å²) in [6.07, 6.45) is 1.04. The minimum atomic E-state index is -4.38. The van der Waals surface area contributed by atoms with Gasteiger partial charge in [-0.25, -0.2) is 0 Å². The molecule has 1 saturated carbocycles. The van der Waals surface area contributed by atoms with E-state index in [0.29, 0.717) is 11.5 Å². The molecule has 0 radical (unpaired) electrons. The molecule has 152 valence electrons. The molecule has 3 aliphatic rings. The molecule has 0 amide bonds. The molecule has 3 nitrogen and oxygen atoms in total. The number of rotatable bonds is 2. The zero-order valence-electron chi connectivity index (χ0n) is 16.5. The number of hydrogen-bond donors (Lipinski definition) is 0. The number of halogens is 3. The van der Waals surface area contributed by atoms with Gasteiger partial charge in [0.15, 0.2) is 5.69 Å². The predicted octanol–water partition coefficient (Wildman–Crippen LogP) is 5.12. The molecule has 1 aromatic rings. The quantitative estimate of drug-likeness (QED) is 0.686. The number of aromatic nitrogens is 2. The summed E-state index contributed by atoms with van der Waals surface area (Å²) in [5.41, 5.74) is 0.146. The smallest absolute Gasteiger partial charge is 0.300 e. The first-order valence-corrected chi connectivity index (χ1v) is 11.2. The average Bonchev–Trinajstić information content (AvgIpc) is 3.19. The molecule has 4 rings (SSSR count). The number of thioether (sulfide) groups is 1. The fourth-order valence-corrected chi connectivity index (χ4v) is 6.26. The van der Waals surface area contributed by atoms with Gasteiger partial charge in [0.1, 0.15) is 0 Å². The fourth-order valence-electron chi connectivity index (χ4n) is 5.01. The molecule has 7 heteroatoms. The predicted molar refractivity (Wildman–Crippen MR) is 103 cm³/mol. The lowest BCUT2D eigenvalue weighted by molar-refractivity contribution is -0.141. The van der Waals surface area contributed by atoms with E-state index in [1.807, 2.05) is 20.8 Å². The van der Waals surface area contributed by atoms with Crippen LogP contribution >= 0.6 is 11.8 Å². The van der Waals surface area contributed by atoms with Crippen molar-refractivity contribution in [3.63, 3.8) is 0 Å². The number of nitrogens with zero attached hydrogens (tertiary/aromatic N) is 3. The van der Waals surface area contributed by atoms with Crippen LogP contribution in [0.3, 0.4) is 0 Å². The summed E-state index contributed by atoms with van der Waals surface area (Å²) < 4.78 is 41.3. The van der Waals surface area contributed by atoms with Crippen LogP contribution in [0, 0.1) is 5.41 Å². The topological polar surface area (TPSA) is 21.1 Å². The van der Waals surface area contributed by atoms with Crippen LogP contribution < -0.4 is 0 Å². The van der Waals surface area contributed by atoms with Crippen molar-refractivity contribution in [1.29, 1.82) is 0 Å². The molecule has 27 heavy (non-hydrogen) atoms. The van der Waals surface area contributed by atoms with E-state index in [9.17, 15) is 13.2 Å². The van der Waals surface area contributed by atoms with Crippen molar-refractivity contribution in [3.05, 3.63) is 17.5 Å². The molecule has 2 aliphatic heterocycles. The Morgan fingerprint density at radius 3 is 2.26 bits per heavy atom. The Morgan fingerprint density at radius 1 is 1.11 bits per heavy atom. The summed E-state index contributed by atoms with van der Waals surface area (Å²) in [6, 6.07) is 1.91. The van der Waals surface area contributed by atoms with Crippen molar-refractivity contribution < 1.29 is 13.2 Å². The van der Waals surface area contributed by atoms with Crippen LogP contribution in [0.1, 0.15) is 70.2 Å². The van der Waals surface area contributed by atoms with Gasteiger partial charge in [-0.2, -0.15) is 30.0 Å². The largest absolute Gasteiger partial charge is 0.435 e. The molecule has 2 saturated heterocycles. The van der Waals surface area contributed by atoms with Gasteiger partial charge in [0.25, 0.3) is 0 Å². The molecular formula is C20H30F3N3S. The van der Waals surface area contributed by atoms with Crippen LogP contribution in [0.15, 0.2) is 6.07 Å². The molecule has 1 aromatic heterocycles. The van der Waals surface area contributed by atoms with Crippen LogP contribution in [-0.2, 0) is 11.7 Å². The molecular weight excluding hydrogens is 371 g/mol. The van der Waals surface area contributed by atoms with E-state index in [4.69, 9.17) is 0 Å². The zero-order chi connectivity index (χ0) is 19.4. The van der Waals surface area contributed by atoms with Crippen molar-refractivity contribution in [1.82, 2.24) is 14.7 Å². The van der Waals surface area contributed by atoms with Crippen LogP contribution in [-0.4, -0.2) is 45.3 Å². The molecule has 0 bridgehead atoms. The van der Waals surface area contributed by atoms with Crippen molar-refractivity contribution in [2.75, 3.05) is 24.6 Å². The van der Waals surface area contributed by atoms with Crippen LogP contribution in [0.4, 0.5) is 13.2 Å². The second kappa shape index (κ2) is 6.68. The summed E-state index contributed by atoms with van der Waals surface area (Å²) in [4.78, 5) is 2.66. The minimum Gasteiger partial charge on any atom is -0.300 e. The van der Waals surface area contributed by atoms with Gasteiger partial charge in [-0.15, -0.1) is 0 Å². The first-order valence-electron chi connectivity index (χ1n) is 10.1. The summed E-state index contributed by atoms with van der Waals surface area (Å²) in [5.74, 6) is 2.80. The van der Waals surface area contributed by atoms with E-state index in [0.717, 1.165) is 31.4 Å². The highest BCUT2D eigenvalue weighted by Crippen LogP contribution is 2.47. The average molecular weight is 402 g/mol. The Hall–Kier alpha value is -0.690. The molecule has 1 spiro atoms. The van der Waals surface area contributed by atoms with E-state index < -0.39 is 17.4 Å². The Morgan fingerprint density at radius 2 is 1.78 bits per heavy atom. The highest BCUT2D eigenvalue weighted by Gasteiger charge is 2.46. The van der Waals surface area contributed by atoms with E-state index in [1.54, 1.807) is 4.68 Å². The van der Waals surface area contributed by atoms with E-state index in [-0.39, 0.29) is 5.92 Å². The van der Waals surface area contributed by atoms with Gasteiger partial charge in [-0.3, -0.25) is 9.58 Å². The number of likely N-dealkylation sites (tertiary alicyclic amines) is 1. The van der Waals surface area contributed by atoms with Gasteiger partial charge >= 0.3 is 6.18 Å². The standard InChI is InChI=1S/C20H30F3N3S/c1-18(2,3)26-16(10-17(24-26)20(21,22)23)14-4-6-15(7-5-14)25-9-8-19(11-25)12-27-13-19/h10,14-15H,4-9,11-13H2,1-3H3. The van der Waals surface area contributed by atoms with Gasteiger partial charge in [0.05, 0.1) is 5.54 Å². The van der Waals surface area contributed by atoms with Crippen molar-refractivity contribution in [3.8, 4) is 0 Å². The third kappa shape index (κ3) is 3.78. The SMILES string of the molecule is CC(C)(C)n1nc(C(F)(F)F)cc1C1CCC(N2CCC3(CSC3)C2)CC1. The Kier molecular flexibility index (Phi) is 4.86. The summed E-state index contributed by atoms with van der Waals surface area (Å²) in [6.45, 7) is 8.21. The lowest BCUT2D eigenvalue weighted by Crippen LogP contribution is -2.42. The normalized spacial score (nSPS) is 29.3. The van der Waals surface area contributed by atoms with Gasteiger partial charge in [-0.1, -0.05) is 0 Å². The van der Waals surface area contributed by atoms with Gasteiger partial charge in [0, 0.05) is 41.1 Å². The lowest BCUT2D eigenvalue weighted by atomic mass is 9.82. The minimum absolute atomic E-state index is 0.180. The van der Waals surface area contributed by atoms with Crippen LogP contribution in [0.2, 0.25) is 0 Å². The maximum Gasteiger partial charge on any atom is 0.435 e. The number of alkyl halides is 3. The lowest BCUT2D eigenvalue weighted by Gasteiger charge is -2.40. The molecule has 1 aliphatic carbocycles. The maximum atomic E-state index is 13.2. The van der Waals surface area contributed by atoms with Crippen LogP contribution in [0.5, 0.6) is 0 Å². The van der Waals surface area contributed by atoms with Gasteiger partial charge in [0.2, 0.25) is 0 Å². The molecule has 0 aromatic carbocycles. The van der Waals surface area contributed by atoms with Crippen molar-refractivity contribution in [2.24, 2.45) is 5.41 Å². The highest BCUT2D eigenvalue weighted by molar-refractivity contribution is 8.00. The first-order chi connectivity index (χ1) is 12.6. The third-order valence-corrected chi connectivity index (χ3v) is 8.21. The van der Waals surface area contributed by atoms with E-state index in [1.165, 1.54) is 37.1 Å². The summed E-state index contributed by atoms with van der Waals surface area (Å²) >= 11 is 2.06. The third-order valence-electron chi connectivity index (χ3n) is 6.58. The maximum absolute atomic E-state index is 13.2. The van der Waals surface area contributed by atoms with Crippen molar-refractivity contribution >= 4 is 11.8 Å². The summed E-state index contributed by atoms with van der Waals surface area (Å²) in [5, 5.41) is 3.94. The monoisotopic (exact) mass is 401 g/mol. The van der Waals surface area contributed by atoms with Gasteiger partial charge in [-0.05, 0) is 65.5 Å². The Labute approximate surface area is 164 Å². The summed E-state index contributed by atoms with van der Waals surface area (Å²) in [7, 11) is 0. The Bertz CT molecular complexity index is 680. The second-order valence-corrected chi connectivity index (χ2v) is 10.7.